The molecule has 76 heavy (non-hydrogen) atoms. The van der Waals surface area contributed by atoms with Crippen LogP contribution in [-0.4, -0.2) is 96.7 Å². The van der Waals surface area contributed by atoms with E-state index in [0.29, 0.717) is 25.7 Å². The van der Waals surface area contributed by atoms with Gasteiger partial charge < -0.3 is 33.8 Å². The fourth-order valence-electron chi connectivity index (χ4n) is 8.34. The Morgan fingerprint density at radius 3 is 0.895 bits per heavy atom. The molecule has 0 bridgehead atoms. The van der Waals surface area contributed by atoms with Crippen LogP contribution < -0.4 is 0 Å². The van der Waals surface area contributed by atoms with Crippen LogP contribution in [0.3, 0.4) is 0 Å². The van der Waals surface area contributed by atoms with Crippen LogP contribution in [0.4, 0.5) is 0 Å². The Hall–Kier alpha value is -1.94. The number of carbonyl (C=O) groups excluding carboxylic acids is 4. The second-order valence-electron chi connectivity index (χ2n) is 21.2. The van der Waals surface area contributed by atoms with Gasteiger partial charge in [0.25, 0.3) is 0 Å². The van der Waals surface area contributed by atoms with Crippen molar-refractivity contribution in [3.63, 3.8) is 0 Å². The van der Waals surface area contributed by atoms with E-state index in [-0.39, 0.29) is 25.7 Å². The SMILES string of the molecule is CCCCCCCC(=O)OC[C@H](COP(=O)(O)OC[C@H](O)COP(=O)(O)OC[C@@H](COC(=O)CCCCCCC)OC(=O)CCCCCCCCCCCCCCCCCCCCC(C)C)OC(=O)CCCCCCC. The molecular formula is C57H110O17P2. The van der Waals surface area contributed by atoms with Crippen molar-refractivity contribution in [1.82, 2.24) is 0 Å². The first-order chi connectivity index (χ1) is 36.5. The van der Waals surface area contributed by atoms with Crippen molar-refractivity contribution in [2.24, 2.45) is 5.92 Å². The molecule has 0 amide bonds. The number of unbranched alkanes of at least 4 members (excludes halogenated alkanes) is 29. The third kappa shape index (κ3) is 51.5. The minimum Gasteiger partial charge on any atom is -0.462 e. The van der Waals surface area contributed by atoms with Gasteiger partial charge in [-0.25, -0.2) is 9.13 Å². The van der Waals surface area contributed by atoms with E-state index in [1.54, 1.807) is 0 Å². The summed E-state index contributed by atoms with van der Waals surface area (Å²) in [7, 11) is -9.84. The van der Waals surface area contributed by atoms with Crippen LogP contribution in [0.25, 0.3) is 0 Å². The Morgan fingerprint density at radius 1 is 0.355 bits per heavy atom. The van der Waals surface area contributed by atoms with Crippen LogP contribution in [0, 0.1) is 5.92 Å². The summed E-state index contributed by atoms with van der Waals surface area (Å²) in [6.45, 7) is 6.90. The highest BCUT2D eigenvalue weighted by Gasteiger charge is 2.30. The standard InChI is InChI=1S/C57H110O17P2/c1-6-9-12-29-35-40-54(59)67-46-52(73-56(61)42-37-31-14-11-8-3)48-71-75(63,64)69-44-51(58)45-70-76(65,66)72-49-53(47-68-55(60)41-36-30-13-10-7-2)74-57(62)43-38-33-28-26-24-22-20-18-16-15-17-19-21-23-25-27-32-34-39-50(4)5/h50-53,58H,6-49H2,1-5H3,(H,63,64)(H,65,66)/t51-,52+,53+/m0/s1. The zero-order valence-corrected chi connectivity index (χ0v) is 50.2. The molecule has 0 aromatic heterocycles. The van der Waals surface area contributed by atoms with E-state index in [0.717, 1.165) is 109 Å². The van der Waals surface area contributed by atoms with E-state index >= 15 is 0 Å². The molecule has 0 aromatic carbocycles. The van der Waals surface area contributed by atoms with Crippen LogP contribution in [0.5, 0.6) is 0 Å². The van der Waals surface area contributed by atoms with E-state index in [9.17, 15) is 43.2 Å². The van der Waals surface area contributed by atoms with E-state index in [1.165, 1.54) is 89.9 Å². The molecule has 0 aliphatic carbocycles. The number of esters is 4. The fraction of sp³-hybridized carbons (Fsp3) is 0.930. The van der Waals surface area contributed by atoms with Gasteiger partial charge >= 0.3 is 39.5 Å². The molecule has 0 heterocycles. The average molecular weight is 1130 g/mol. The molecule has 5 atom stereocenters. The minimum absolute atomic E-state index is 0.0987. The van der Waals surface area contributed by atoms with Crippen molar-refractivity contribution >= 4 is 39.5 Å². The molecule has 0 aliphatic heterocycles. The number of rotatable bonds is 57. The summed E-state index contributed by atoms with van der Waals surface area (Å²) in [5, 5.41) is 10.4. The van der Waals surface area contributed by atoms with E-state index in [2.05, 4.69) is 34.6 Å². The molecule has 0 saturated carbocycles. The molecular weight excluding hydrogens is 1020 g/mol. The first-order valence-corrected chi connectivity index (χ1v) is 33.1. The summed E-state index contributed by atoms with van der Waals surface area (Å²) < 4.78 is 67.0. The number of hydrogen-bond acceptors (Lipinski definition) is 15. The summed E-state index contributed by atoms with van der Waals surface area (Å²) in [4.78, 5) is 71.0. The highest BCUT2D eigenvalue weighted by atomic mass is 31.2. The lowest BCUT2D eigenvalue weighted by atomic mass is 10.0. The van der Waals surface area contributed by atoms with Crippen LogP contribution in [0.2, 0.25) is 0 Å². The Bertz CT molecular complexity index is 1500. The fourth-order valence-corrected chi connectivity index (χ4v) is 9.92. The first-order valence-electron chi connectivity index (χ1n) is 30.1. The van der Waals surface area contributed by atoms with Gasteiger partial charge in [-0.2, -0.15) is 0 Å². The van der Waals surface area contributed by atoms with Gasteiger partial charge in [0.05, 0.1) is 26.4 Å². The lowest BCUT2D eigenvalue weighted by Gasteiger charge is -2.21. The highest BCUT2D eigenvalue weighted by molar-refractivity contribution is 7.47. The molecule has 3 N–H and O–H groups in total. The Morgan fingerprint density at radius 2 is 0.605 bits per heavy atom. The van der Waals surface area contributed by atoms with Crippen molar-refractivity contribution in [2.75, 3.05) is 39.6 Å². The van der Waals surface area contributed by atoms with Crippen molar-refractivity contribution in [3.05, 3.63) is 0 Å². The Balaban J connectivity index is 4.88. The van der Waals surface area contributed by atoms with E-state index < -0.39 is 97.5 Å². The largest absolute Gasteiger partial charge is 0.472 e. The van der Waals surface area contributed by atoms with Crippen molar-refractivity contribution in [3.8, 4) is 0 Å². The predicted octanol–water partition coefficient (Wildman–Crippen LogP) is 15.1. The molecule has 17 nitrogen and oxygen atoms in total. The molecule has 0 rings (SSSR count). The normalized spacial score (nSPS) is 14.4. The molecule has 450 valence electrons. The first kappa shape index (κ1) is 74.1. The number of phosphoric ester groups is 2. The predicted molar refractivity (Wildman–Crippen MR) is 298 cm³/mol. The van der Waals surface area contributed by atoms with Crippen molar-refractivity contribution < 1.29 is 80.2 Å². The summed E-state index contributed by atoms with van der Waals surface area (Å²) in [6.07, 6.45) is 33.4. The molecule has 19 heteroatoms. The summed E-state index contributed by atoms with van der Waals surface area (Å²) in [5.74, 6) is -1.36. The number of ether oxygens (including phenoxy) is 4. The maximum absolute atomic E-state index is 12.9. The van der Waals surface area contributed by atoms with Gasteiger partial charge in [-0.05, 0) is 31.6 Å². The molecule has 0 aromatic rings. The van der Waals surface area contributed by atoms with Crippen LogP contribution in [0.1, 0.15) is 279 Å². The third-order valence-corrected chi connectivity index (χ3v) is 14.9. The van der Waals surface area contributed by atoms with Gasteiger partial charge in [0.15, 0.2) is 12.2 Å². The summed E-state index contributed by atoms with van der Waals surface area (Å²) >= 11 is 0. The number of aliphatic hydroxyl groups is 1. The highest BCUT2D eigenvalue weighted by Crippen LogP contribution is 2.45. The molecule has 2 unspecified atom stereocenters. The van der Waals surface area contributed by atoms with Gasteiger partial charge in [0.2, 0.25) is 0 Å². The van der Waals surface area contributed by atoms with Crippen LogP contribution in [0.15, 0.2) is 0 Å². The Labute approximate surface area is 460 Å². The van der Waals surface area contributed by atoms with Gasteiger partial charge in [-0.1, -0.05) is 227 Å². The van der Waals surface area contributed by atoms with E-state index in [4.69, 9.17) is 37.0 Å². The third-order valence-electron chi connectivity index (χ3n) is 13.0. The lowest BCUT2D eigenvalue weighted by molar-refractivity contribution is -0.161. The monoisotopic (exact) mass is 1130 g/mol. The topological polar surface area (TPSA) is 237 Å². The summed E-state index contributed by atoms with van der Waals surface area (Å²) in [6, 6.07) is 0. The van der Waals surface area contributed by atoms with Gasteiger partial charge in [0, 0.05) is 25.7 Å². The Kier molecular flexibility index (Phi) is 49.9. The van der Waals surface area contributed by atoms with Gasteiger partial charge in [0.1, 0.15) is 19.3 Å². The number of aliphatic hydroxyl groups excluding tert-OH is 1. The second kappa shape index (κ2) is 51.2. The van der Waals surface area contributed by atoms with Crippen molar-refractivity contribution in [1.29, 1.82) is 0 Å². The molecule has 0 aliphatic rings. The number of phosphoric acid groups is 2. The number of carbonyl (C=O) groups is 4. The molecule has 0 spiro atoms. The smallest absolute Gasteiger partial charge is 0.462 e. The maximum Gasteiger partial charge on any atom is 0.472 e. The number of hydrogen-bond donors (Lipinski definition) is 3. The lowest BCUT2D eigenvalue weighted by Crippen LogP contribution is -2.30. The molecule has 0 radical (unpaired) electrons. The second-order valence-corrected chi connectivity index (χ2v) is 24.1. The van der Waals surface area contributed by atoms with Gasteiger partial charge in [-0.15, -0.1) is 0 Å². The molecule has 0 saturated heterocycles. The van der Waals surface area contributed by atoms with Crippen LogP contribution >= 0.6 is 15.6 Å². The summed E-state index contributed by atoms with van der Waals surface area (Å²) in [5.41, 5.74) is 0. The maximum atomic E-state index is 12.9. The van der Waals surface area contributed by atoms with Crippen LogP contribution in [-0.2, 0) is 65.4 Å². The zero-order valence-electron chi connectivity index (χ0n) is 48.4. The van der Waals surface area contributed by atoms with Gasteiger partial charge in [-0.3, -0.25) is 37.3 Å². The minimum atomic E-state index is -4.93. The average Bonchev–Trinajstić information content (AvgIpc) is 3.38. The quantitative estimate of drug-likeness (QED) is 0.0222. The van der Waals surface area contributed by atoms with Crippen molar-refractivity contribution in [2.45, 2.75) is 297 Å². The molecule has 0 fully saturated rings. The van der Waals surface area contributed by atoms with E-state index in [1.807, 2.05) is 0 Å². The zero-order chi connectivity index (χ0) is 56.4.